The van der Waals surface area contributed by atoms with E-state index in [1.807, 2.05) is 18.7 Å². The van der Waals surface area contributed by atoms with Crippen LogP contribution < -0.4 is 5.32 Å². The first-order valence-electron chi connectivity index (χ1n) is 4.92. The maximum Gasteiger partial charge on any atom is 0.0360 e. The Morgan fingerprint density at radius 2 is 2.38 bits per heavy atom. The first-order chi connectivity index (χ1) is 6.22. The van der Waals surface area contributed by atoms with Gasteiger partial charge in [-0.2, -0.15) is 11.8 Å². The van der Waals surface area contributed by atoms with Gasteiger partial charge in [0.15, 0.2) is 0 Å². The average Bonchev–Trinajstić information content (AvgIpc) is 2.51. The smallest absolute Gasteiger partial charge is 0.0360 e. The quantitative estimate of drug-likeness (QED) is 0.757. The Kier molecular flexibility index (Phi) is 5.36. The molecule has 0 saturated carbocycles. The number of thioether (sulfide) groups is 1. The summed E-state index contributed by atoms with van der Waals surface area (Å²) in [6.45, 7) is 5.17. The van der Waals surface area contributed by atoms with Gasteiger partial charge in [-0.25, -0.2) is 0 Å². The molecule has 4 heteroatoms. The van der Waals surface area contributed by atoms with Gasteiger partial charge in [0.1, 0.15) is 0 Å². The topological polar surface area (TPSA) is 29.1 Å². The van der Waals surface area contributed by atoms with Gasteiger partial charge >= 0.3 is 0 Å². The summed E-state index contributed by atoms with van der Waals surface area (Å²) in [5.41, 5.74) is 0. The molecule has 0 bridgehead atoms. The molecule has 0 amide bonds. The fraction of sp³-hybridized carbons (Fsp3) is 1.00. The summed E-state index contributed by atoms with van der Waals surface area (Å²) in [4.78, 5) is 0. The largest absolute Gasteiger partial charge is 0.312 e. The van der Waals surface area contributed by atoms with Crippen molar-refractivity contribution in [2.24, 2.45) is 0 Å². The minimum atomic E-state index is -0.605. The van der Waals surface area contributed by atoms with Gasteiger partial charge in [0.05, 0.1) is 0 Å². The standard InChI is InChI=1S/C9H19NOS2/c1-3-13(11)5-4-10-9-6-8(2)12-7-9/h8-10H,3-7H2,1-2H3. The van der Waals surface area contributed by atoms with Crippen molar-refractivity contribution in [1.29, 1.82) is 0 Å². The van der Waals surface area contributed by atoms with Crippen molar-refractivity contribution >= 4 is 22.6 Å². The van der Waals surface area contributed by atoms with Gasteiger partial charge < -0.3 is 5.32 Å². The van der Waals surface area contributed by atoms with Gasteiger partial charge in [-0.15, -0.1) is 0 Å². The van der Waals surface area contributed by atoms with E-state index in [-0.39, 0.29) is 0 Å². The molecule has 0 aromatic rings. The molecule has 1 saturated heterocycles. The minimum absolute atomic E-state index is 0.605. The van der Waals surface area contributed by atoms with E-state index in [1.54, 1.807) is 0 Å². The summed E-state index contributed by atoms with van der Waals surface area (Å²) in [6, 6.07) is 0.661. The van der Waals surface area contributed by atoms with Crippen LogP contribution in [0.15, 0.2) is 0 Å². The number of hydrogen-bond acceptors (Lipinski definition) is 3. The Hall–Kier alpha value is 0.460. The molecular formula is C9H19NOS2. The molecule has 0 spiro atoms. The van der Waals surface area contributed by atoms with Crippen molar-refractivity contribution in [3.05, 3.63) is 0 Å². The summed E-state index contributed by atoms with van der Waals surface area (Å²) in [7, 11) is -0.605. The minimum Gasteiger partial charge on any atom is -0.312 e. The van der Waals surface area contributed by atoms with E-state index in [1.165, 1.54) is 12.2 Å². The lowest BCUT2D eigenvalue weighted by Gasteiger charge is -2.10. The normalized spacial score (nSPS) is 30.6. The first-order valence-corrected chi connectivity index (χ1v) is 7.46. The SMILES string of the molecule is CCS(=O)CCNC1CSC(C)C1. The summed E-state index contributed by atoms with van der Waals surface area (Å²) in [6.07, 6.45) is 1.27. The summed E-state index contributed by atoms with van der Waals surface area (Å²) in [5, 5.41) is 4.26. The third-order valence-electron chi connectivity index (χ3n) is 2.28. The molecule has 1 aliphatic heterocycles. The van der Waals surface area contributed by atoms with E-state index in [2.05, 4.69) is 12.2 Å². The Morgan fingerprint density at radius 1 is 1.62 bits per heavy atom. The predicted molar refractivity (Wildman–Crippen MR) is 61.9 cm³/mol. The van der Waals surface area contributed by atoms with Crippen LogP contribution in [0.3, 0.4) is 0 Å². The number of hydrogen-bond donors (Lipinski definition) is 1. The van der Waals surface area contributed by atoms with Crippen molar-refractivity contribution in [2.45, 2.75) is 31.6 Å². The van der Waals surface area contributed by atoms with E-state index in [0.717, 1.165) is 23.3 Å². The average molecular weight is 221 g/mol. The predicted octanol–water partition coefficient (Wildman–Crippen LogP) is 1.24. The summed E-state index contributed by atoms with van der Waals surface area (Å²) < 4.78 is 11.1. The first kappa shape index (κ1) is 11.5. The fourth-order valence-corrected chi connectivity index (χ4v) is 3.30. The molecule has 78 valence electrons. The highest BCUT2D eigenvalue weighted by Gasteiger charge is 2.20. The molecule has 13 heavy (non-hydrogen) atoms. The second-order valence-electron chi connectivity index (χ2n) is 3.46. The van der Waals surface area contributed by atoms with Crippen LogP contribution in [0.2, 0.25) is 0 Å². The van der Waals surface area contributed by atoms with Crippen molar-refractivity contribution in [3.8, 4) is 0 Å². The summed E-state index contributed by atoms with van der Waals surface area (Å²) >= 11 is 2.03. The molecule has 3 unspecified atom stereocenters. The number of nitrogens with one attached hydrogen (secondary N) is 1. The van der Waals surface area contributed by atoms with E-state index in [4.69, 9.17) is 0 Å². The number of rotatable bonds is 5. The van der Waals surface area contributed by atoms with Crippen LogP contribution in [-0.2, 0) is 10.8 Å². The highest BCUT2D eigenvalue weighted by molar-refractivity contribution is 8.00. The monoisotopic (exact) mass is 221 g/mol. The van der Waals surface area contributed by atoms with Gasteiger partial charge in [-0.05, 0) is 6.42 Å². The Labute approximate surface area is 87.7 Å². The van der Waals surface area contributed by atoms with E-state index in [9.17, 15) is 4.21 Å². The second-order valence-corrected chi connectivity index (χ2v) is 6.80. The van der Waals surface area contributed by atoms with Crippen molar-refractivity contribution < 1.29 is 4.21 Å². The van der Waals surface area contributed by atoms with E-state index < -0.39 is 10.8 Å². The Bertz CT molecular complexity index is 175. The van der Waals surface area contributed by atoms with E-state index in [0.29, 0.717) is 6.04 Å². The zero-order valence-corrected chi connectivity index (χ0v) is 10.0. The molecule has 0 aromatic heterocycles. The second kappa shape index (κ2) is 6.04. The molecule has 1 fully saturated rings. The molecule has 1 aliphatic rings. The maximum absolute atomic E-state index is 11.1. The van der Waals surface area contributed by atoms with E-state index >= 15 is 0 Å². The molecule has 0 aromatic carbocycles. The van der Waals surface area contributed by atoms with Gasteiger partial charge in [0.2, 0.25) is 0 Å². The molecular weight excluding hydrogens is 202 g/mol. The molecule has 1 heterocycles. The third kappa shape index (κ3) is 4.47. The molecule has 2 nitrogen and oxygen atoms in total. The van der Waals surface area contributed by atoms with Crippen LogP contribution >= 0.6 is 11.8 Å². The lowest BCUT2D eigenvalue weighted by Crippen LogP contribution is -2.32. The van der Waals surface area contributed by atoms with Gasteiger partial charge in [0.25, 0.3) is 0 Å². The Balaban J connectivity index is 2.03. The van der Waals surface area contributed by atoms with Crippen LogP contribution in [-0.4, -0.2) is 39.3 Å². The maximum atomic E-state index is 11.1. The van der Waals surface area contributed by atoms with Crippen molar-refractivity contribution in [2.75, 3.05) is 23.8 Å². The highest BCUT2D eigenvalue weighted by Crippen LogP contribution is 2.25. The molecule has 1 rings (SSSR count). The zero-order valence-electron chi connectivity index (χ0n) is 8.41. The van der Waals surface area contributed by atoms with Crippen LogP contribution in [0.4, 0.5) is 0 Å². The fourth-order valence-electron chi connectivity index (χ4n) is 1.48. The van der Waals surface area contributed by atoms with Crippen LogP contribution in [0.1, 0.15) is 20.3 Å². The van der Waals surface area contributed by atoms with Gasteiger partial charge in [-0.3, -0.25) is 4.21 Å². The molecule has 0 radical (unpaired) electrons. The van der Waals surface area contributed by atoms with Gasteiger partial charge in [-0.1, -0.05) is 13.8 Å². The highest BCUT2D eigenvalue weighted by atomic mass is 32.2. The van der Waals surface area contributed by atoms with Crippen molar-refractivity contribution in [1.82, 2.24) is 5.32 Å². The molecule has 0 aliphatic carbocycles. The van der Waals surface area contributed by atoms with Crippen LogP contribution in [0, 0.1) is 0 Å². The summed E-state index contributed by atoms with van der Waals surface area (Å²) in [5.74, 6) is 2.82. The van der Waals surface area contributed by atoms with Crippen LogP contribution in [0.25, 0.3) is 0 Å². The lowest BCUT2D eigenvalue weighted by molar-refractivity contribution is 0.557. The van der Waals surface area contributed by atoms with Crippen molar-refractivity contribution in [3.63, 3.8) is 0 Å². The van der Waals surface area contributed by atoms with Crippen LogP contribution in [0.5, 0.6) is 0 Å². The Morgan fingerprint density at radius 3 is 2.92 bits per heavy atom. The third-order valence-corrected chi connectivity index (χ3v) is 4.94. The molecule has 3 atom stereocenters. The zero-order chi connectivity index (χ0) is 9.68. The lowest BCUT2D eigenvalue weighted by atomic mass is 10.2. The van der Waals surface area contributed by atoms with Gasteiger partial charge in [0, 0.05) is 45.9 Å². The molecule has 1 N–H and O–H groups in total.